The Kier molecular flexibility index (Phi) is 16.0. The van der Waals surface area contributed by atoms with Crippen molar-refractivity contribution >= 4 is 22.7 Å². The standard InChI is InChI=1S/C20H28N2O2.C19H26N2O2/c1-15-9-7-12-19(20(15)22)24-14-6-4-3-5-13-23-18-11-8-10-17(21)16(18)2;1-15-8-6-11-18(19(15)21)23-13-5-3-2-4-12-22-17-10-7-9-16(20)14-17/h7-12H,3-6,13-14,21-22H2,1-2H3;6-11,14H,2-5,12-13,20-21H2,1H3. The third kappa shape index (κ3) is 13.3. The van der Waals surface area contributed by atoms with Gasteiger partial charge in [0.2, 0.25) is 0 Å². The average molecular weight is 643 g/mol. The largest absolute Gasteiger partial charge is 0.494 e. The second kappa shape index (κ2) is 20.4. The van der Waals surface area contributed by atoms with Gasteiger partial charge in [-0.3, -0.25) is 0 Å². The SMILES string of the molecule is Cc1cccc(OCCCCCCOc2cccc(N)c2)c1N.Cc1cccc(OCCCCCCOc2cccc(N)c2C)c1N. The lowest BCUT2D eigenvalue weighted by Crippen LogP contribution is -2.03. The molecule has 0 radical (unpaired) electrons. The Morgan fingerprint density at radius 3 is 1.38 bits per heavy atom. The lowest BCUT2D eigenvalue weighted by Gasteiger charge is -2.11. The van der Waals surface area contributed by atoms with Crippen LogP contribution in [0.3, 0.4) is 0 Å². The number of rotatable bonds is 18. The van der Waals surface area contributed by atoms with Crippen LogP contribution in [0.25, 0.3) is 0 Å². The molecule has 254 valence electrons. The van der Waals surface area contributed by atoms with E-state index in [1.807, 2.05) is 99.6 Å². The summed E-state index contributed by atoms with van der Waals surface area (Å²) in [6, 6.07) is 25.1. The Morgan fingerprint density at radius 1 is 0.447 bits per heavy atom. The molecule has 4 rings (SSSR count). The van der Waals surface area contributed by atoms with Gasteiger partial charge in [-0.2, -0.15) is 0 Å². The second-order valence-corrected chi connectivity index (χ2v) is 11.7. The zero-order chi connectivity index (χ0) is 33.9. The van der Waals surface area contributed by atoms with Gasteiger partial charge in [0.25, 0.3) is 0 Å². The summed E-state index contributed by atoms with van der Waals surface area (Å²) in [6.07, 6.45) is 8.57. The maximum atomic E-state index is 5.99. The molecule has 4 aromatic carbocycles. The zero-order valence-corrected chi connectivity index (χ0v) is 28.4. The highest BCUT2D eigenvalue weighted by molar-refractivity contribution is 5.58. The van der Waals surface area contributed by atoms with E-state index in [4.69, 9.17) is 41.9 Å². The van der Waals surface area contributed by atoms with E-state index < -0.39 is 0 Å². The van der Waals surface area contributed by atoms with E-state index in [1.165, 1.54) is 0 Å². The van der Waals surface area contributed by atoms with E-state index in [1.54, 1.807) is 0 Å². The summed E-state index contributed by atoms with van der Waals surface area (Å²) in [4.78, 5) is 0. The van der Waals surface area contributed by atoms with Gasteiger partial charge in [-0.25, -0.2) is 0 Å². The van der Waals surface area contributed by atoms with Crippen LogP contribution in [0.1, 0.15) is 68.1 Å². The molecule has 0 fully saturated rings. The van der Waals surface area contributed by atoms with Crippen LogP contribution < -0.4 is 41.9 Å². The molecule has 8 heteroatoms. The van der Waals surface area contributed by atoms with Crippen molar-refractivity contribution in [2.45, 2.75) is 72.1 Å². The summed E-state index contributed by atoms with van der Waals surface area (Å²) >= 11 is 0. The monoisotopic (exact) mass is 642 g/mol. The normalized spacial score (nSPS) is 10.5. The van der Waals surface area contributed by atoms with Gasteiger partial charge >= 0.3 is 0 Å². The van der Waals surface area contributed by atoms with Crippen LogP contribution in [0.5, 0.6) is 23.0 Å². The Bertz CT molecular complexity index is 1440. The van der Waals surface area contributed by atoms with Crippen LogP contribution in [0, 0.1) is 20.8 Å². The summed E-state index contributed by atoms with van der Waals surface area (Å²) in [6.45, 7) is 8.80. The second-order valence-electron chi connectivity index (χ2n) is 11.7. The van der Waals surface area contributed by atoms with Crippen molar-refractivity contribution in [3.05, 3.63) is 95.6 Å². The number of nitrogen functional groups attached to an aromatic ring is 4. The predicted octanol–water partition coefficient (Wildman–Crippen LogP) is 8.66. The molecule has 0 unspecified atom stereocenters. The van der Waals surface area contributed by atoms with Crippen LogP contribution in [0.4, 0.5) is 22.7 Å². The minimum Gasteiger partial charge on any atom is -0.494 e. The molecule has 0 aliphatic rings. The van der Waals surface area contributed by atoms with Gasteiger partial charge in [-0.05, 0) is 120 Å². The molecule has 8 N–H and O–H groups in total. The summed E-state index contributed by atoms with van der Waals surface area (Å²) in [5.74, 6) is 3.29. The molecule has 0 heterocycles. The number of nitrogens with two attached hydrogens (primary N) is 4. The fourth-order valence-corrected chi connectivity index (χ4v) is 4.80. The Balaban J connectivity index is 0.000000256. The van der Waals surface area contributed by atoms with E-state index in [0.29, 0.717) is 13.2 Å². The number of hydrogen-bond acceptors (Lipinski definition) is 8. The Hall–Kier alpha value is -4.72. The van der Waals surface area contributed by atoms with Crippen LogP contribution in [-0.4, -0.2) is 26.4 Å². The van der Waals surface area contributed by atoms with Gasteiger partial charge < -0.3 is 41.9 Å². The van der Waals surface area contributed by atoms with Crippen molar-refractivity contribution in [3.8, 4) is 23.0 Å². The highest BCUT2D eigenvalue weighted by atomic mass is 16.5. The van der Waals surface area contributed by atoms with Gasteiger partial charge in [0, 0.05) is 23.0 Å². The average Bonchev–Trinajstić information content (AvgIpc) is 3.06. The fraction of sp³-hybridized carbons (Fsp3) is 0.385. The lowest BCUT2D eigenvalue weighted by molar-refractivity contribution is 0.287. The first kappa shape index (κ1) is 36.7. The molecule has 0 atom stereocenters. The van der Waals surface area contributed by atoms with E-state index in [2.05, 4.69) is 0 Å². The third-order valence-corrected chi connectivity index (χ3v) is 7.87. The molecule has 0 saturated carbocycles. The van der Waals surface area contributed by atoms with Crippen LogP contribution in [0.15, 0.2) is 78.9 Å². The fourth-order valence-electron chi connectivity index (χ4n) is 4.80. The van der Waals surface area contributed by atoms with E-state index in [-0.39, 0.29) is 0 Å². The Labute approximate surface area is 281 Å². The van der Waals surface area contributed by atoms with Crippen molar-refractivity contribution < 1.29 is 18.9 Å². The molecule has 8 nitrogen and oxygen atoms in total. The van der Waals surface area contributed by atoms with Gasteiger partial charge in [-0.1, -0.05) is 36.4 Å². The summed E-state index contributed by atoms with van der Waals surface area (Å²) < 4.78 is 22.9. The topological polar surface area (TPSA) is 141 Å². The molecule has 0 spiro atoms. The number of benzene rings is 4. The molecule has 4 aromatic rings. The highest BCUT2D eigenvalue weighted by Crippen LogP contribution is 2.26. The lowest BCUT2D eigenvalue weighted by atomic mass is 10.2. The maximum Gasteiger partial charge on any atom is 0.142 e. The maximum absolute atomic E-state index is 5.99. The number of para-hydroxylation sites is 2. The van der Waals surface area contributed by atoms with E-state index in [0.717, 1.165) is 127 Å². The van der Waals surface area contributed by atoms with Crippen LogP contribution in [0.2, 0.25) is 0 Å². The number of anilines is 4. The van der Waals surface area contributed by atoms with E-state index in [9.17, 15) is 0 Å². The van der Waals surface area contributed by atoms with Crippen molar-refractivity contribution in [1.82, 2.24) is 0 Å². The molecule has 0 amide bonds. The minimum absolute atomic E-state index is 0.697. The van der Waals surface area contributed by atoms with Crippen molar-refractivity contribution in [2.75, 3.05) is 49.4 Å². The molecule has 0 bridgehead atoms. The van der Waals surface area contributed by atoms with Gasteiger partial charge in [0.1, 0.15) is 23.0 Å². The summed E-state index contributed by atoms with van der Waals surface area (Å²) in [5, 5.41) is 0. The molecule has 0 aromatic heterocycles. The van der Waals surface area contributed by atoms with Crippen molar-refractivity contribution in [1.29, 1.82) is 0 Å². The molecule has 47 heavy (non-hydrogen) atoms. The van der Waals surface area contributed by atoms with Gasteiger partial charge in [0.05, 0.1) is 37.8 Å². The van der Waals surface area contributed by atoms with Crippen molar-refractivity contribution in [2.24, 2.45) is 0 Å². The first-order valence-corrected chi connectivity index (χ1v) is 16.7. The number of unbranched alkanes of at least 4 members (excludes halogenated alkanes) is 6. The van der Waals surface area contributed by atoms with Gasteiger partial charge in [0.15, 0.2) is 0 Å². The summed E-state index contributed by atoms with van der Waals surface area (Å²) in [7, 11) is 0. The molecule has 0 saturated heterocycles. The minimum atomic E-state index is 0.697. The number of aryl methyl sites for hydroxylation is 2. The first-order chi connectivity index (χ1) is 22.8. The predicted molar refractivity (Wildman–Crippen MR) is 197 cm³/mol. The zero-order valence-electron chi connectivity index (χ0n) is 28.4. The Morgan fingerprint density at radius 2 is 0.872 bits per heavy atom. The number of hydrogen-bond donors (Lipinski definition) is 4. The number of ether oxygens (including phenoxy) is 4. The van der Waals surface area contributed by atoms with E-state index >= 15 is 0 Å². The molecule has 0 aliphatic heterocycles. The van der Waals surface area contributed by atoms with Gasteiger partial charge in [-0.15, -0.1) is 0 Å². The van der Waals surface area contributed by atoms with Crippen molar-refractivity contribution in [3.63, 3.8) is 0 Å². The first-order valence-electron chi connectivity index (χ1n) is 16.7. The van der Waals surface area contributed by atoms with Crippen LogP contribution >= 0.6 is 0 Å². The third-order valence-electron chi connectivity index (χ3n) is 7.87. The molecule has 0 aliphatic carbocycles. The summed E-state index contributed by atoms with van der Waals surface area (Å²) in [5.41, 5.74) is 29.7. The quantitative estimate of drug-likeness (QED) is 0.0624. The molecular formula is C39H54N4O4. The van der Waals surface area contributed by atoms with Crippen LogP contribution in [-0.2, 0) is 0 Å². The molecular weight excluding hydrogens is 588 g/mol. The smallest absolute Gasteiger partial charge is 0.142 e. The highest BCUT2D eigenvalue weighted by Gasteiger charge is 2.04.